The lowest BCUT2D eigenvalue weighted by Gasteiger charge is -2.15. The van der Waals surface area contributed by atoms with Crippen molar-refractivity contribution in [2.75, 3.05) is 11.6 Å². The fourth-order valence-corrected chi connectivity index (χ4v) is 0.743. The van der Waals surface area contributed by atoms with E-state index in [4.69, 9.17) is 17.3 Å². The minimum atomic E-state index is -0.612. The number of hydrogen-bond acceptors (Lipinski definition) is 5. The molecule has 0 saturated heterocycles. The number of nitrogen functional groups attached to an aromatic ring is 2. The van der Waals surface area contributed by atoms with E-state index in [1.165, 1.54) is 4.68 Å². The Hall–Kier alpha value is -1.30. The van der Waals surface area contributed by atoms with E-state index in [1.54, 1.807) is 13.8 Å². The molecule has 0 aromatic carbocycles. The molecule has 0 aliphatic heterocycles. The molecule has 0 atom stereocenters. The maximum atomic E-state index is 5.71. The molecule has 0 spiro atoms. The zero-order chi connectivity index (χ0) is 8.65. The van der Waals surface area contributed by atoms with E-state index in [2.05, 4.69) is 10.2 Å². The van der Waals surface area contributed by atoms with Gasteiger partial charge >= 0.3 is 0 Å². The van der Waals surface area contributed by atoms with Gasteiger partial charge in [0.15, 0.2) is 5.82 Å². The number of aromatic nitrogens is 3. The maximum Gasteiger partial charge on any atom is 0.240 e. The van der Waals surface area contributed by atoms with Crippen molar-refractivity contribution in [3.63, 3.8) is 0 Å². The van der Waals surface area contributed by atoms with E-state index < -0.39 is 5.54 Å². The van der Waals surface area contributed by atoms with Gasteiger partial charge < -0.3 is 17.3 Å². The summed E-state index contributed by atoms with van der Waals surface area (Å²) in [4.78, 5) is 0. The Morgan fingerprint density at radius 1 is 1.36 bits per heavy atom. The molecule has 1 aromatic heterocycles. The number of nitrogens with zero attached hydrogens (tertiary/aromatic N) is 3. The van der Waals surface area contributed by atoms with E-state index in [1.807, 2.05) is 0 Å². The van der Waals surface area contributed by atoms with Crippen LogP contribution in [-0.4, -0.2) is 14.9 Å². The second-order valence-electron chi connectivity index (χ2n) is 2.97. The van der Waals surface area contributed by atoms with Gasteiger partial charge in [-0.05, 0) is 13.8 Å². The second kappa shape index (κ2) is 2.09. The van der Waals surface area contributed by atoms with Crippen molar-refractivity contribution in [3.05, 3.63) is 5.82 Å². The summed E-state index contributed by atoms with van der Waals surface area (Å²) in [5, 5.41) is 7.29. The summed E-state index contributed by atoms with van der Waals surface area (Å²) in [7, 11) is 0. The molecule has 11 heavy (non-hydrogen) atoms. The summed E-state index contributed by atoms with van der Waals surface area (Å²) in [6, 6.07) is 0. The third kappa shape index (κ3) is 1.25. The summed E-state index contributed by atoms with van der Waals surface area (Å²) in [6.45, 7) is 3.56. The Labute approximate surface area is 64.3 Å². The Kier molecular flexibility index (Phi) is 1.48. The van der Waals surface area contributed by atoms with E-state index >= 15 is 0 Å². The molecular weight excluding hydrogens is 144 g/mol. The average molecular weight is 156 g/mol. The lowest BCUT2D eigenvalue weighted by Crippen LogP contribution is -2.35. The van der Waals surface area contributed by atoms with Gasteiger partial charge in [-0.2, -0.15) is 0 Å². The van der Waals surface area contributed by atoms with Gasteiger partial charge in [0.05, 0.1) is 5.54 Å². The summed E-state index contributed by atoms with van der Waals surface area (Å²) in [5.41, 5.74) is 10.4. The van der Waals surface area contributed by atoms with Gasteiger partial charge in [0.2, 0.25) is 5.95 Å². The normalized spacial score (nSPS) is 11.9. The van der Waals surface area contributed by atoms with Gasteiger partial charge in [0.25, 0.3) is 0 Å². The lowest BCUT2D eigenvalue weighted by molar-refractivity contribution is 0.499. The van der Waals surface area contributed by atoms with E-state index in [-0.39, 0.29) is 5.95 Å². The van der Waals surface area contributed by atoms with Crippen molar-refractivity contribution in [1.29, 1.82) is 0 Å². The van der Waals surface area contributed by atoms with E-state index in [0.29, 0.717) is 5.82 Å². The minimum Gasteiger partial charge on any atom is -0.366 e. The monoisotopic (exact) mass is 156 g/mol. The number of rotatable bonds is 1. The van der Waals surface area contributed by atoms with Gasteiger partial charge in [-0.1, -0.05) is 0 Å². The molecule has 0 aliphatic rings. The third-order valence-electron chi connectivity index (χ3n) is 1.30. The molecule has 62 valence electrons. The van der Waals surface area contributed by atoms with Crippen LogP contribution in [0.15, 0.2) is 0 Å². The van der Waals surface area contributed by atoms with Gasteiger partial charge in [-0.15, -0.1) is 10.2 Å². The van der Waals surface area contributed by atoms with Crippen LogP contribution in [0.1, 0.15) is 19.7 Å². The first kappa shape index (κ1) is 7.80. The summed E-state index contributed by atoms with van der Waals surface area (Å²) in [5.74, 6) is 6.11. The highest BCUT2D eigenvalue weighted by molar-refractivity contribution is 5.20. The SMILES string of the molecule is CC(C)(N)c1nnc(N)n1N. The zero-order valence-corrected chi connectivity index (χ0v) is 6.57. The zero-order valence-electron chi connectivity index (χ0n) is 6.57. The highest BCUT2D eigenvalue weighted by Gasteiger charge is 2.22. The maximum absolute atomic E-state index is 5.71. The largest absolute Gasteiger partial charge is 0.366 e. The van der Waals surface area contributed by atoms with Crippen LogP contribution in [0.4, 0.5) is 5.95 Å². The topological polar surface area (TPSA) is 109 Å². The Balaban J connectivity index is 3.15. The highest BCUT2D eigenvalue weighted by atomic mass is 15.5. The molecule has 1 heterocycles. The first-order chi connectivity index (χ1) is 4.93. The number of anilines is 1. The van der Waals surface area contributed by atoms with Crippen LogP contribution in [0.5, 0.6) is 0 Å². The third-order valence-corrected chi connectivity index (χ3v) is 1.30. The van der Waals surface area contributed by atoms with Crippen LogP contribution < -0.4 is 17.3 Å². The summed E-state index contributed by atoms with van der Waals surface area (Å²) >= 11 is 0. The molecule has 6 N–H and O–H groups in total. The van der Waals surface area contributed by atoms with Crippen molar-refractivity contribution < 1.29 is 0 Å². The van der Waals surface area contributed by atoms with Crippen LogP contribution >= 0.6 is 0 Å². The van der Waals surface area contributed by atoms with Crippen molar-refractivity contribution in [2.24, 2.45) is 5.73 Å². The van der Waals surface area contributed by atoms with Crippen molar-refractivity contribution in [3.8, 4) is 0 Å². The first-order valence-electron chi connectivity index (χ1n) is 3.18. The molecule has 1 aromatic rings. The van der Waals surface area contributed by atoms with Crippen LogP contribution in [0.25, 0.3) is 0 Å². The number of nitrogens with two attached hydrogens (primary N) is 3. The van der Waals surface area contributed by atoms with Crippen molar-refractivity contribution >= 4 is 5.95 Å². The highest BCUT2D eigenvalue weighted by Crippen LogP contribution is 2.13. The molecule has 0 unspecified atom stereocenters. The van der Waals surface area contributed by atoms with Crippen molar-refractivity contribution in [1.82, 2.24) is 14.9 Å². The molecule has 0 bridgehead atoms. The molecule has 0 radical (unpaired) electrons. The van der Waals surface area contributed by atoms with Gasteiger partial charge in [0.1, 0.15) is 0 Å². The molecular formula is C5H12N6. The minimum absolute atomic E-state index is 0.165. The first-order valence-corrected chi connectivity index (χ1v) is 3.18. The van der Waals surface area contributed by atoms with E-state index in [0.717, 1.165) is 0 Å². The fraction of sp³-hybridized carbons (Fsp3) is 0.600. The van der Waals surface area contributed by atoms with Crippen LogP contribution in [0.3, 0.4) is 0 Å². The van der Waals surface area contributed by atoms with Crippen molar-refractivity contribution in [2.45, 2.75) is 19.4 Å². The predicted molar refractivity (Wildman–Crippen MR) is 41.8 cm³/mol. The number of hydrogen-bond donors (Lipinski definition) is 3. The Morgan fingerprint density at radius 3 is 2.09 bits per heavy atom. The van der Waals surface area contributed by atoms with Crippen LogP contribution in [-0.2, 0) is 5.54 Å². The summed E-state index contributed by atoms with van der Waals surface area (Å²) in [6.07, 6.45) is 0. The quantitative estimate of drug-likeness (QED) is 0.441. The lowest BCUT2D eigenvalue weighted by atomic mass is 10.1. The molecule has 6 nitrogen and oxygen atoms in total. The Morgan fingerprint density at radius 2 is 1.91 bits per heavy atom. The van der Waals surface area contributed by atoms with Crippen LogP contribution in [0, 0.1) is 0 Å². The molecule has 0 amide bonds. The second-order valence-corrected chi connectivity index (χ2v) is 2.97. The van der Waals surface area contributed by atoms with Gasteiger partial charge in [-0.3, -0.25) is 0 Å². The molecule has 0 aliphatic carbocycles. The fourth-order valence-electron chi connectivity index (χ4n) is 0.743. The standard InChI is InChI=1S/C5H12N6/c1-5(2,7)3-9-10-4(6)11(3)8/h7-8H2,1-2H3,(H2,6,10). The molecule has 0 fully saturated rings. The van der Waals surface area contributed by atoms with Gasteiger partial charge in [-0.25, -0.2) is 4.68 Å². The van der Waals surface area contributed by atoms with E-state index in [9.17, 15) is 0 Å². The Bertz CT molecular complexity index is 256. The van der Waals surface area contributed by atoms with Gasteiger partial charge in [0, 0.05) is 0 Å². The molecule has 0 saturated carbocycles. The van der Waals surface area contributed by atoms with Crippen LogP contribution in [0.2, 0.25) is 0 Å². The molecule has 6 heteroatoms. The smallest absolute Gasteiger partial charge is 0.240 e. The molecule has 1 rings (SSSR count). The predicted octanol–water partition coefficient (Wildman–Crippen LogP) is -1.23. The average Bonchev–Trinajstić information content (AvgIpc) is 2.11. The summed E-state index contributed by atoms with van der Waals surface area (Å²) < 4.78 is 1.18.